The summed E-state index contributed by atoms with van der Waals surface area (Å²) in [5, 5.41) is 0. The standard InChI is InChI=1S/C23H24N2O/c1-2-17-25-22(20-14-7-4-8-15-20)24-18-21(23(25)26)16-10-9-13-19-11-5-3-6-12-19/h2-8,11-12,14-15,18H,1,9-10,13,16-17H2. The summed E-state index contributed by atoms with van der Waals surface area (Å²) in [7, 11) is 0. The van der Waals surface area contributed by atoms with Crippen LogP contribution in [0.4, 0.5) is 0 Å². The minimum atomic E-state index is 0.0402. The highest BCUT2D eigenvalue weighted by Crippen LogP contribution is 2.16. The molecule has 0 aliphatic rings. The molecule has 26 heavy (non-hydrogen) atoms. The molecule has 132 valence electrons. The fourth-order valence-corrected chi connectivity index (χ4v) is 3.11. The van der Waals surface area contributed by atoms with Crippen LogP contribution < -0.4 is 5.56 Å². The van der Waals surface area contributed by atoms with Crippen molar-refractivity contribution in [1.29, 1.82) is 0 Å². The van der Waals surface area contributed by atoms with Gasteiger partial charge in [0.1, 0.15) is 5.82 Å². The van der Waals surface area contributed by atoms with Gasteiger partial charge in [-0.3, -0.25) is 9.36 Å². The van der Waals surface area contributed by atoms with E-state index in [1.54, 1.807) is 16.8 Å². The molecule has 3 aromatic rings. The Bertz CT molecular complexity index is 898. The molecule has 3 nitrogen and oxygen atoms in total. The SMILES string of the molecule is C=CCn1c(-c2ccccc2)ncc(CCCCc2ccccc2)c1=O. The van der Waals surface area contributed by atoms with Crippen LogP contribution in [0.25, 0.3) is 11.4 Å². The topological polar surface area (TPSA) is 34.9 Å². The van der Waals surface area contributed by atoms with E-state index in [0.717, 1.165) is 36.8 Å². The number of aryl methyl sites for hydroxylation is 2. The Morgan fingerprint density at radius 2 is 1.58 bits per heavy atom. The van der Waals surface area contributed by atoms with Gasteiger partial charge in [-0.25, -0.2) is 4.98 Å². The summed E-state index contributed by atoms with van der Waals surface area (Å²) >= 11 is 0. The number of unbranched alkanes of at least 4 members (excludes halogenated alkanes) is 1. The summed E-state index contributed by atoms with van der Waals surface area (Å²) in [6.07, 6.45) is 7.32. The number of hydrogen-bond acceptors (Lipinski definition) is 2. The van der Waals surface area contributed by atoms with Crippen molar-refractivity contribution >= 4 is 0 Å². The predicted octanol–water partition coefficient (Wildman–Crippen LogP) is 4.66. The Balaban J connectivity index is 1.73. The second-order valence-electron chi connectivity index (χ2n) is 6.37. The molecule has 1 aromatic heterocycles. The van der Waals surface area contributed by atoms with Crippen molar-refractivity contribution < 1.29 is 0 Å². The molecule has 2 aromatic carbocycles. The number of nitrogens with zero attached hydrogens (tertiary/aromatic N) is 2. The maximum atomic E-state index is 12.9. The van der Waals surface area contributed by atoms with Crippen molar-refractivity contribution in [2.75, 3.05) is 0 Å². The van der Waals surface area contributed by atoms with E-state index >= 15 is 0 Å². The van der Waals surface area contributed by atoms with E-state index in [9.17, 15) is 4.79 Å². The van der Waals surface area contributed by atoms with Crippen molar-refractivity contribution in [3.63, 3.8) is 0 Å². The highest BCUT2D eigenvalue weighted by Gasteiger charge is 2.11. The van der Waals surface area contributed by atoms with E-state index in [0.29, 0.717) is 12.4 Å². The third kappa shape index (κ3) is 4.37. The summed E-state index contributed by atoms with van der Waals surface area (Å²) in [4.78, 5) is 17.5. The minimum absolute atomic E-state index is 0.0402. The molecule has 0 fully saturated rings. The first kappa shape index (κ1) is 17.9. The zero-order valence-electron chi connectivity index (χ0n) is 15.0. The molecular formula is C23H24N2O. The summed E-state index contributed by atoms with van der Waals surface area (Å²) in [6, 6.07) is 20.3. The lowest BCUT2D eigenvalue weighted by molar-refractivity contribution is 0.699. The Morgan fingerprint density at radius 3 is 2.27 bits per heavy atom. The average Bonchev–Trinajstić information content (AvgIpc) is 2.69. The van der Waals surface area contributed by atoms with Gasteiger partial charge in [-0.15, -0.1) is 6.58 Å². The minimum Gasteiger partial charge on any atom is -0.289 e. The molecule has 0 bridgehead atoms. The van der Waals surface area contributed by atoms with E-state index in [1.165, 1.54) is 5.56 Å². The fraction of sp³-hybridized carbons (Fsp3) is 0.217. The van der Waals surface area contributed by atoms with Crippen LogP contribution in [0.3, 0.4) is 0 Å². The van der Waals surface area contributed by atoms with Gasteiger partial charge in [-0.1, -0.05) is 66.7 Å². The lowest BCUT2D eigenvalue weighted by Crippen LogP contribution is -2.26. The summed E-state index contributed by atoms with van der Waals surface area (Å²) in [6.45, 7) is 4.25. The van der Waals surface area contributed by atoms with Crippen LogP contribution in [-0.4, -0.2) is 9.55 Å². The molecule has 0 aliphatic carbocycles. The van der Waals surface area contributed by atoms with E-state index in [1.807, 2.05) is 36.4 Å². The van der Waals surface area contributed by atoms with Gasteiger partial charge < -0.3 is 0 Å². The molecular weight excluding hydrogens is 320 g/mol. The van der Waals surface area contributed by atoms with Gasteiger partial charge in [0.2, 0.25) is 0 Å². The molecule has 0 saturated carbocycles. The third-order valence-corrected chi connectivity index (χ3v) is 4.47. The van der Waals surface area contributed by atoms with Gasteiger partial charge in [-0.05, 0) is 31.2 Å². The van der Waals surface area contributed by atoms with Crippen LogP contribution >= 0.6 is 0 Å². The average molecular weight is 344 g/mol. The van der Waals surface area contributed by atoms with E-state index in [4.69, 9.17) is 0 Å². The molecule has 0 saturated heterocycles. The second kappa shape index (κ2) is 8.95. The molecule has 0 aliphatic heterocycles. The van der Waals surface area contributed by atoms with Crippen molar-refractivity contribution in [2.45, 2.75) is 32.2 Å². The first-order valence-corrected chi connectivity index (χ1v) is 9.08. The Morgan fingerprint density at radius 1 is 0.923 bits per heavy atom. The molecule has 0 atom stereocenters. The smallest absolute Gasteiger partial charge is 0.257 e. The Hall–Kier alpha value is -2.94. The van der Waals surface area contributed by atoms with Gasteiger partial charge >= 0.3 is 0 Å². The Labute approximate surface area is 154 Å². The van der Waals surface area contributed by atoms with Crippen molar-refractivity contribution in [3.05, 3.63) is 101 Å². The van der Waals surface area contributed by atoms with Crippen molar-refractivity contribution in [3.8, 4) is 11.4 Å². The maximum absolute atomic E-state index is 12.9. The van der Waals surface area contributed by atoms with Crippen molar-refractivity contribution in [2.24, 2.45) is 0 Å². The highest BCUT2D eigenvalue weighted by atomic mass is 16.1. The number of rotatable bonds is 8. The monoisotopic (exact) mass is 344 g/mol. The van der Waals surface area contributed by atoms with Gasteiger partial charge in [0, 0.05) is 23.9 Å². The summed E-state index contributed by atoms with van der Waals surface area (Å²) in [5.41, 5.74) is 3.11. The van der Waals surface area contributed by atoms with Gasteiger partial charge in [0.25, 0.3) is 5.56 Å². The lowest BCUT2D eigenvalue weighted by Gasteiger charge is -2.12. The van der Waals surface area contributed by atoms with Crippen LogP contribution in [0.15, 0.2) is 84.3 Å². The van der Waals surface area contributed by atoms with Crippen LogP contribution in [0.1, 0.15) is 24.0 Å². The number of aromatic nitrogens is 2. The van der Waals surface area contributed by atoms with E-state index in [-0.39, 0.29) is 5.56 Å². The number of hydrogen-bond donors (Lipinski definition) is 0. The van der Waals surface area contributed by atoms with Crippen LogP contribution in [0, 0.1) is 0 Å². The van der Waals surface area contributed by atoms with Crippen LogP contribution in [0.2, 0.25) is 0 Å². The molecule has 0 N–H and O–H groups in total. The lowest BCUT2D eigenvalue weighted by atomic mass is 10.0. The Kier molecular flexibility index (Phi) is 6.15. The fourth-order valence-electron chi connectivity index (χ4n) is 3.11. The van der Waals surface area contributed by atoms with E-state index in [2.05, 4.69) is 35.8 Å². The maximum Gasteiger partial charge on any atom is 0.257 e. The molecule has 0 amide bonds. The predicted molar refractivity (Wildman–Crippen MR) is 107 cm³/mol. The number of allylic oxidation sites excluding steroid dienone is 1. The van der Waals surface area contributed by atoms with Crippen LogP contribution in [-0.2, 0) is 19.4 Å². The first-order chi connectivity index (χ1) is 12.8. The van der Waals surface area contributed by atoms with Crippen molar-refractivity contribution in [1.82, 2.24) is 9.55 Å². The van der Waals surface area contributed by atoms with Gasteiger partial charge in [0.05, 0.1) is 0 Å². The molecule has 0 unspecified atom stereocenters. The van der Waals surface area contributed by atoms with Crippen LogP contribution in [0.5, 0.6) is 0 Å². The second-order valence-corrected chi connectivity index (χ2v) is 6.37. The number of benzene rings is 2. The molecule has 1 heterocycles. The van der Waals surface area contributed by atoms with Gasteiger partial charge in [0.15, 0.2) is 0 Å². The summed E-state index contributed by atoms with van der Waals surface area (Å²) < 4.78 is 1.72. The zero-order chi connectivity index (χ0) is 18.2. The zero-order valence-corrected chi connectivity index (χ0v) is 15.0. The molecule has 3 heteroatoms. The molecule has 3 rings (SSSR count). The van der Waals surface area contributed by atoms with E-state index < -0.39 is 0 Å². The normalized spacial score (nSPS) is 10.6. The van der Waals surface area contributed by atoms with Gasteiger partial charge in [-0.2, -0.15) is 0 Å². The molecule has 0 radical (unpaired) electrons. The largest absolute Gasteiger partial charge is 0.289 e. The third-order valence-electron chi connectivity index (χ3n) is 4.47. The molecule has 0 spiro atoms. The quantitative estimate of drug-likeness (QED) is 0.440. The summed E-state index contributed by atoms with van der Waals surface area (Å²) in [5.74, 6) is 0.698. The highest BCUT2D eigenvalue weighted by molar-refractivity contribution is 5.55. The first-order valence-electron chi connectivity index (χ1n) is 9.08.